The molecule has 0 saturated carbocycles. The quantitative estimate of drug-likeness (QED) is 0.692. The summed E-state index contributed by atoms with van der Waals surface area (Å²) in [6.07, 6.45) is 3.48. The summed E-state index contributed by atoms with van der Waals surface area (Å²) in [6.45, 7) is 0. The lowest BCUT2D eigenvalue weighted by Gasteiger charge is -2.23. The van der Waals surface area contributed by atoms with E-state index in [0.29, 0.717) is 11.5 Å². The number of furan rings is 1. The summed E-state index contributed by atoms with van der Waals surface area (Å²) in [5, 5.41) is 3.20. The first kappa shape index (κ1) is 17.7. The fraction of sp³-hybridized carbons (Fsp3) is 0.136. The summed E-state index contributed by atoms with van der Waals surface area (Å²) in [6, 6.07) is 18.1. The largest absolute Gasteiger partial charge is 0.497 e. The van der Waals surface area contributed by atoms with Crippen molar-refractivity contribution in [3.63, 3.8) is 0 Å². The molecule has 2 aromatic carbocycles. The highest BCUT2D eigenvalue weighted by Crippen LogP contribution is 2.37. The van der Waals surface area contributed by atoms with Crippen LogP contribution in [0, 0.1) is 0 Å². The zero-order valence-corrected chi connectivity index (χ0v) is 15.6. The van der Waals surface area contributed by atoms with Crippen LogP contribution in [0.25, 0.3) is 0 Å². The second-order valence-corrected chi connectivity index (χ2v) is 6.27. The van der Waals surface area contributed by atoms with Crippen molar-refractivity contribution >= 4 is 17.3 Å². The van der Waals surface area contributed by atoms with E-state index in [-0.39, 0.29) is 11.9 Å². The Balaban J connectivity index is 1.65. The summed E-state index contributed by atoms with van der Waals surface area (Å²) in [5.74, 6) is 2.04. The van der Waals surface area contributed by atoms with Crippen LogP contribution in [0.3, 0.4) is 0 Å². The maximum absolute atomic E-state index is 13.2. The molecule has 1 unspecified atom stereocenters. The highest BCUT2D eigenvalue weighted by molar-refractivity contribution is 6.10. The molecular weight excluding hydrogens is 356 g/mol. The molecule has 4 rings (SSSR count). The molecule has 0 saturated heterocycles. The number of ether oxygens (including phenoxy) is 2. The van der Waals surface area contributed by atoms with E-state index in [1.807, 2.05) is 66.7 Å². The molecular formula is C22H20N2O4. The summed E-state index contributed by atoms with van der Waals surface area (Å²) in [5.41, 5.74) is 2.05. The second-order valence-electron chi connectivity index (χ2n) is 6.27. The van der Waals surface area contributed by atoms with E-state index in [0.717, 1.165) is 22.9 Å². The SMILES string of the molecule is COc1ccc(NC2=CC(c3ccco3)N(c3ccc(OC)cc3)C2=O)cc1. The number of anilines is 2. The number of benzene rings is 2. The number of hydrogen-bond donors (Lipinski definition) is 1. The molecule has 28 heavy (non-hydrogen) atoms. The lowest BCUT2D eigenvalue weighted by atomic mass is 10.2. The molecule has 1 aromatic heterocycles. The smallest absolute Gasteiger partial charge is 0.275 e. The maximum Gasteiger partial charge on any atom is 0.275 e. The molecule has 0 bridgehead atoms. The van der Waals surface area contributed by atoms with Crippen LogP contribution in [-0.4, -0.2) is 20.1 Å². The zero-order chi connectivity index (χ0) is 19.5. The second kappa shape index (κ2) is 7.52. The number of nitrogens with one attached hydrogen (secondary N) is 1. The van der Waals surface area contributed by atoms with E-state index in [1.165, 1.54) is 0 Å². The van der Waals surface area contributed by atoms with E-state index in [1.54, 1.807) is 25.4 Å². The van der Waals surface area contributed by atoms with Crippen molar-refractivity contribution in [2.75, 3.05) is 24.4 Å². The molecule has 142 valence electrons. The predicted molar refractivity (Wildman–Crippen MR) is 107 cm³/mol. The zero-order valence-electron chi connectivity index (χ0n) is 15.6. The summed E-state index contributed by atoms with van der Waals surface area (Å²) in [7, 11) is 3.23. The van der Waals surface area contributed by atoms with Crippen LogP contribution in [0.4, 0.5) is 11.4 Å². The van der Waals surface area contributed by atoms with Gasteiger partial charge >= 0.3 is 0 Å². The molecule has 1 N–H and O–H groups in total. The Kier molecular flexibility index (Phi) is 4.76. The summed E-state index contributed by atoms with van der Waals surface area (Å²) < 4.78 is 16.0. The minimum Gasteiger partial charge on any atom is -0.497 e. The van der Waals surface area contributed by atoms with Crippen LogP contribution >= 0.6 is 0 Å². The number of nitrogens with zero attached hydrogens (tertiary/aromatic N) is 1. The van der Waals surface area contributed by atoms with Gasteiger partial charge in [-0.3, -0.25) is 9.69 Å². The van der Waals surface area contributed by atoms with Gasteiger partial charge in [-0.1, -0.05) is 0 Å². The van der Waals surface area contributed by atoms with Gasteiger partial charge in [0.05, 0.1) is 20.5 Å². The molecule has 6 nitrogen and oxygen atoms in total. The Morgan fingerprint density at radius 1 is 0.929 bits per heavy atom. The molecule has 0 fully saturated rings. The number of carbonyl (C=O) groups is 1. The van der Waals surface area contributed by atoms with E-state index in [2.05, 4.69) is 5.32 Å². The maximum atomic E-state index is 13.2. The number of amides is 1. The van der Waals surface area contributed by atoms with E-state index < -0.39 is 0 Å². The van der Waals surface area contributed by atoms with Gasteiger partial charge in [-0.05, 0) is 66.7 Å². The average Bonchev–Trinajstić information content (AvgIpc) is 3.37. The van der Waals surface area contributed by atoms with Crippen LogP contribution in [0.2, 0.25) is 0 Å². The third-order valence-corrected chi connectivity index (χ3v) is 4.61. The van der Waals surface area contributed by atoms with Crippen molar-refractivity contribution in [3.8, 4) is 11.5 Å². The highest BCUT2D eigenvalue weighted by atomic mass is 16.5. The molecule has 3 aromatic rings. The van der Waals surface area contributed by atoms with Gasteiger partial charge in [0.25, 0.3) is 5.91 Å². The third-order valence-electron chi connectivity index (χ3n) is 4.61. The van der Waals surface area contributed by atoms with Crippen molar-refractivity contribution < 1.29 is 18.7 Å². The Bertz CT molecular complexity index is 976. The Morgan fingerprint density at radius 2 is 1.57 bits per heavy atom. The van der Waals surface area contributed by atoms with E-state index in [4.69, 9.17) is 13.9 Å². The normalized spacial score (nSPS) is 16.1. The van der Waals surface area contributed by atoms with Crippen molar-refractivity contribution in [2.24, 2.45) is 0 Å². The molecule has 0 aliphatic carbocycles. The third kappa shape index (κ3) is 3.32. The van der Waals surface area contributed by atoms with Crippen molar-refractivity contribution in [1.82, 2.24) is 0 Å². The van der Waals surface area contributed by atoms with Gasteiger partial charge in [0.15, 0.2) is 0 Å². The van der Waals surface area contributed by atoms with Gasteiger partial charge in [0.2, 0.25) is 0 Å². The molecule has 1 aliphatic rings. The van der Waals surface area contributed by atoms with E-state index in [9.17, 15) is 4.79 Å². The fourth-order valence-corrected chi connectivity index (χ4v) is 3.17. The Morgan fingerprint density at radius 3 is 2.14 bits per heavy atom. The number of hydrogen-bond acceptors (Lipinski definition) is 5. The van der Waals surface area contributed by atoms with Gasteiger partial charge in [-0.2, -0.15) is 0 Å². The lowest BCUT2D eigenvalue weighted by molar-refractivity contribution is -0.114. The van der Waals surface area contributed by atoms with Gasteiger partial charge in [0.1, 0.15) is 29.0 Å². The van der Waals surface area contributed by atoms with Crippen LogP contribution in [0.5, 0.6) is 11.5 Å². The molecule has 1 amide bonds. The monoisotopic (exact) mass is 376 g/mol. The van der Waals surface area contributed by atoms with Crippen LogP contribution in [-0.2, 0) is 4.79 Å². The number of carbonyl (C=O) groups excluding carboxylic acids is 1. The average molecular weight is 376 g/mol. The van der Waals surface area contributed by atoms with Gasteiger partial charge in [-0.25, -0.2) is 0 Å². The summed E-state index contributed by atoms with van der Waals surface area (Å²) >= 11 is 0. The first-order valence-corrected chi connectivity index (χ1v) is 8.83. The minimum absolute atomic E-state index is 0.137. The van der Waals surface area contributed by atoms with Crippen molar-refractivity contribution in [1.29, 1.82) is 0 Å². The molecule has 1 atom stereocenters. The van der Waals surface area contributed by atoms with Crippen LogP contribution in [0.1, 0.15) is 11.8 Å². The first-order chi connectivity index (χ1) is 13.7. The molecule has 6 heteroatoms. The van der Waals surface area contributed by atoms with E-state index >= 15 is 0 Å². The molecule has 2 heterocycles. The topological polar surface area (TPSA) is 63.9 Å². The first-order valence-electron chi connectivity index (χ1n) is 8.83. The van der Waals surface area contributed by atoms with Crippen molar-refractivity contribution in [3.05, 3.63) is 84.5 Å². The lowest BCUT2D eigenvalue weighted by Crippen LogP contribution is -2.30. The Hall–Kier alpha value is -3.67. The van der Waals surface area contributed by atoms with Crippen LogP contribution < -0.4 is 19.7 Å². The van der Waals surface area contributed by atoms with Gasteiger partial charge < -0.3 is 19.2 Å². The van der Waals surface area contributed by atoms with Crippen molar-refractivity contribution in [2.45, 2.75) is 6.04 Å². The van der Waals surface area contributed by atoms with Gasteiger partial charge in [0, 0.05) is 11.4 Å². The minimum atomic E-state index is -0.336. The number of rotatable bonds is 6. The predicted octanol–water partition coefficient (Wildman–Crippen LogP) is 4.38. The highest BCUT2D eigenvalue weighted by Gasteiger charge is 2.36. The standard InChI is InChI=1S/C22H20N2O4/c1-26-17-9-5-15(6-10-17)23-19-14-20(21-4-3-13-28-21)24(22(19)25)16-7-11-18(27-2)12-8-16/h3-14,20,23H,1-2H3. The van der Waals surface area contributed by atoms with Crippen LogP contribution in [0.15, 0.2) is 83.1 Å². The summed E-state index contributed by atoms with van der Waals surface area (Å²) in [4.78, 5) is 14.9. The van der Waals surface area contributed by atoms with Gasteiger partial charge in [-0.15, -0.1) is 0 Å². The Labute approximate surface area is 163 Å². The molecule has 1 aliphatic heterocycles. The molecule has 0 radical (unpaired) electrons. The fourth-order valence-electron chi connectivity index (χ4n) is 3.17. The molecule has 0 spiro atoms. The number of methoxy groups -OCH3 is 2.